The summed E-state index contributed by atoms with van der Waals surface area (Å²) in [5, 5.41) is 14.4. The molecule has 0 amide bonds. The Morgan fingerprint density at radius 2 is 2.04 bits per heavy atom. The molecule has 1 atom stereocenters. The zero-order valence-corrected chi connectivity index (χ0v) is 15.2. The SMILES string of the molecule is CC(c1cccc2ccccc12)N(C)Cc1cc(=O)n2[nH]cc(C#N)c2n1. The molecule has 4 aromatic rings. The van der Waals surface area contributed by atoms with Gasteiger partial charge in [-0.2, -0.15) is 5.26 Å². The first kappa shape index (κ1) is 17.0. The molecule has 2 aromatic heterocycles. The molecule has 1 N–H and O–H groups in total. The van der Waals surface area contributed by atoms with Crippen LogP contribution >= 0.6 is 0 Å². The fraction of sp³-hybridized carbons (Fsp3) is 0.190. The van der Waals surface area contributed by atoms with E-state index in [1.54, 1.807) is 0 Å². The highest BCUT2D eigenvalue weighted by Crippen LogP contribution is 2.28. The average Bonchev–Trinajstić information content (AvgIpc) is 3.10. The van der Waals surface area contributed by atoms with Crippen molar-refractivity contribution in [1.29, 1.82) is 5.26 Å². The van der Waals surface area contributed by atoms with Crippen LogP contribution in [0.25, 0.3) is 16.4 Å². The fourth-order valence-electron chi connectivity index (χ4n) is 3.44. The van der Waals surface area contributed by atoms with E-state index in [-0.39, 0.29) is 11.6 Å². The third kappa shape index (κ3) is 2.98. The minimum Gasteiger partial charge on any atom is -0.295 e. The molecule has 0 fully saturated rings. The highest BCUT2D eigenvalue weighted by atomic mass is 16.1. The van der Waals surface area contributed by atoms with Crippen molar-refractivity contribution in [2.24, 2.45) is 0 Å². The summed E-state index contributed by atoms with van der Waals surface area (Å²) in [6.07, 6.45) is 1.50. The van der Waals surface area contributed by atoms with Crippen LogP contribution < -0.4 is 5.56 Å². The maximum atomic E-state index is 12.3. The Labute approximate surface area is 156 Å². The number of nitrogens with zero attached hydrogens (tertiary/aromatic N) is 4. The minimum absolute atomic E-state index is 0.137. The molecule has 0 aliphatic carbocycles. The number of aromatic amines is 1. The number of nitriles is 1. The Morgan fingerprint density at radius 3 is 2.85 bits per heavy atom. The van der Waals surface area contributed by atoms with Crippen LogP contribution in [0.15, 0.2) is 59.5 Å². The van der Waals surface area contributed by atoms with Crippen molar-refractivity contribution in [2.45, 2.75) is 19.5 Å². The largest absolute Gasteiger partial charge is 0.295 e. The predicted molar refractivity (Wildman–Crippen MR) is 104 cm³/mol. The summed E-state index contributed by atoms with van der Waals surface area (Å²) >= 11 is 0. The first-order chi connectivity index (χ1) is 13.1. The van der Waals surface area contributed by atoms with Crippen LogP contribution in [0.4, 0.5) is 0 Å². The van der Waals surface area contributed by atoms with Crippen LogP contribution in [-0.2, 0) is 6.54 Å². The third-order valence-corrected chi connectivity index (χ3v) is 5.02. The van der Waals surface area contributed by atoms with Gasteiger partial charge < -0.3 is 0 Å². The van der Waals surface area contributed by atoms with Gasteiger partial charge in [0, 0.05) is 24.8 Å². The van der Waals surface area contributed by atoms with E-state index in [2.05, 4.69) is 58.3 Å². The molecule has 0 radical (unpaired) electrons. The van der Waals surface area contributed by atoms with E-state index in [1.165, 1.54) is 33.1 Å². The molecule has 0 bridgehead atoms. The van der Waals surface area contributed by atoms with Crippen molar-refractivity contribution >= 4 is 16.4 Å². The predicted octanol–water partition coefficient (Wildman–Crippen LogP) is 3.24. The van der Waals surface area contributed by atoms with E-state index < -0.39 is 0 Å². The van der Waals surface area contributed by atoms with Crippen molar-refractivity contribution < 1.29 is 0 Å². The summed E-state index contributed by atoms with van der Waals surface area (Å²) < 4.78 is 1.29. The molecule has 27 heavy (non-hydrogen) atoms. The molecule has 6 heteroatoms. The Balaban J connectivity index is 1.67. The van der Waals surface area contributed by atoms with Gasteiger partial charge in [0.1, 0.15) is 11.6 Å². The third-order valence-electron chi connectivity index (χ3n) is 5.02. The summed E-state index contributed by atoms with van der Waals surface area (Å²) in [5.74, 6) is 0. The maximum Gasteiger partial charge on any atom is 0.272 e. The first-order valence-electron chi connectivity index (χ1n) is 8.76. The number of nitrogens with one attached hydrogen (secondary N) is 1. The lowest BCUT2D eigenvalue weighted by atomic mass is 9.99. The van der Waals surface area contributed by atoms with Crippen LogP contribution in [0, 0.1) is 11.3 Å². The first-order valence-corrected chi connectivity index (χ1v) is 8.76. The Kier molecular flexibility index (Phi) is 4.22. The molecule has 1 unspecified atom stereocenters. The van der Waals surface area contributed by atoms with Gasteiger partial charge in [0.05, 0.1) is 5.69 Å². The van der Waals surface area contributed by atoms with E-state index in [0.717, 1.165) is 0 Å². The summed E-state index contributed by atoms with van der Waals surface area (Å²) in [6, 6.07) is 18.3. The number of benzene rings is 2. The van der Waals surface area contributed by atoms with Crippen LogP contribution in [0.3, 0.4) is 0 Å². The van der Waals surface area contributed by atoms with Crippen LogP contribution in [0.5, 0.6) is 0 Å². The van der Waals surface area contributed by atoms with Gasteiger partial charge in [-0.15, -0.1) is 0 Å². The molecule has 4 rings (SSSR count). The number of rotatable bonds is 4. The summed E-state index contributed by atoms with van der Waals surface area (Å²) in [6.45, 7) is 2.65. The van der Waals surface area contributed by atoms with Gasteiger partial charge in [-0.05, 0) is 30.3 Å². The number of hydrogen-bond acceptors (Lipinski definition) is 4. The van der Waals surface area contributed by atoms with Gasteiger partial charge in [0.25, 0.3) is 5.56 Å². The molecule has 0 saturated carbocycles. The zero-order chi connectivity index (χ0) is 19.0. The van der Waals surface area contributed by atoms with Gasteiger partial charge in [-0.3, -0.25) is 14.8 Å². The van der Waals surface area contributed by atoms with Gasteiger partial charge in [0.2, 0.25) is 0 Å². The van der Waals surface area contributed by atoms with E-state index >= 15 is 0 Å². The second kappa shape index (κ2) is 6.71. The molecule has 0 aliphatic heterocycles. The molecule has 2 heterocycles. The van der Waals surface area contributed by atoms with Gasteiger partial charge in [0.15, 0.2) is 5.65 Å². The van der Waals surface area contributed by atoms with Gasteiger partial charge in [-0.25, -0.2) is 9.50 Å². The average molecular weight is 357 g/mol. The fourth-order valence-corrected chi connectivity index (χ4v) is 3.44. The molecule has 0 aliphatic rings. The number of fused-ring (bicyclic) bond motifs is 2. The van der Waals surface area contributed by atoms with E-state index in [1.807, 2.05) is 19.2 Å². The number of hydrogen-bond donors (Lipinski definition) is 1. The number of H-pyrrole nitrogens is 1. The Hall–Kier alpha value is -3.43. The molecule has 2 aromatic carbocycles. The molecule has 134 valence electrons. The van der Waals surface area contributed by atoms with Crippen LogP contribution in [0.1, 0.15) is 29.8 Å². The van der Waals surface area contributed by atoms with Crippen molar-refractivity contribution in [3.63, 3.8) is 0 Å². The van der Waals surface area contributed by atoms with Crippen LogP contribution in [-0.4, -0.2) is 26.5 Å². The molecular weight excluding hydrogens is 338 g/mol. The molecule has 0 saturated heterocycles. The van der Waals surface area contributed by atoms with Crippen molar-refractivity contribution in [3.05, 3.63) is 81.9 Å². The summed E-state index contributed by atoms with van der Waals surface area (Å²) in [4.78, 5) is 19.0. The van der Waals surface area contributed by atoms with Gasteiger partial charge >= 0.3 is 0 Å². The minimum atomic E-state index is -0.220. The molecule has 6 nitrogen and oxygen atoms in total. The quantitative estimate of drug-likeness (QED) is 0.608. The van der Waals surface area contributed by atoms with Gasteiger partial charge in [-0.1, -0.05) is 42.5 Å². The van der Waals surface area contributed by atoms with Crippen molar-refractivity contribution in [3.8, 4) is 6.07 Å². The smallest absolute Gasteiger partial charge is 0.272 e. The molecule has 0 spiro atoms. The van der Waals surface area contributed by atoms with E-state index in [0.29, 0.717) is 23.4 Å². The topological polar surface area (TPSA) is 77.2 Å². The second-order valence-corrected chi connectivity index (χ2v) is 6.70. The summed E-state index contributed by atoms with van der Waals surface area (Å²) in [5.41, 5.74) is 2.38. The highest BCUT2D eigenvalue weighted by molar-refractivity contribution is 5.86. The monoisotopic (exact) mass is 357 g/mol. The van der Waals surface area contributed by atoms with E-state index in [9.17, 15) is 10.1 Å². The number of aromatic nitrogens is 3. The standard InChI is InChI=1S/C21H19N5O/c1-14(18-9-5-7-15-6-3-4-8-19(15)18)25(2)13-17-10-20(27)26-21(24-17)16(11-22)12-23-26/h3-10,12,14,23H,13H2,1-2H3. The van der Waals surface area contributed by atoms with E-state index in [4.69, 9.17) is 0 Å². The summed E-state index contributed by atoms with van der Waals surface area (Å²) in [7, 11) is 2.01. The molecular formula is C21H19N5O. The second-order valence-electron chi connectivity index (χ2n) is 6.70. The van der Waals surface area contributed by atoms with Crippen molar-refractivity contribution in [2.75, 3.05) is 7.05 Å². The lowest BCUT2D eigenvalue weighted by molar-refractivity contribution is 0.251. The Morgan fingerprint density at radius 1 is 1.26 bits per heavy atom. The normalized spacial score (nSPS) is 12.5. The lowest BCUT2D eigenvalue weighted by Gasteiger charge is -2.26. The lowest BCUT2D eigenvalue weighted by Crippen LogP contribution is -2.25. The highest BCUT2D eigenvalue weighted by Gasteiger charge is 2.16. The Bertz CT molecular complexity index is 1230. The van der Waals surface area contributed by atoms with Crippen molar-refractivity contribution in [1.82, 2.24) is 19.5 Å². The van der Waals surface area contributed by atoms with Crippen LogP contribution in [0.2, 0.25) is 0 Å². The maximum absolute atomic E-state index is 12.3. The zero-order valence-electron chi connectivity index (χ0n) is 15.2.